The van der Waals surface area contributed by atoms with Gasteiger partial charge in [0.15, 0.2) is 0 Å². The molecule has 2 aromatic carbocycles. The lowest BCUT2D eigenvalue weighted by Crippen LogP contribution is -2.30. The first-order valence-electron chi connectivity index (χ1n) is 6.76. The molecule has 1 amide bonds. The van der Waals surface area contributed by atoms with Crippen molar-refractivity contribution in [3.05, 3.63) is 57.6 Å². The van der Waals surface area contributed by atoms with Gasteiger partial charge in [-0.15, -0.1) is 0 Å². The van der Waals surface area contributed by atoms with Crippen molar-refractivity contribution < 1.29 is 4.79 Å². The summed E-state index contributed by atoms with van der Waals surface area (Å²) in [5.41, 5.74) is 16.2. The number of nitrogens with two attached hydrogens (primary N) is 2. The maximum absolute atomic E-state index is 11.3. The zero-order chi connectivity index (χ0) is 15.0. The fourth-order valence-corrected chi connectivity index (χ4v) is 3.26. The van der Waals surface area contributed by atoms with Gasteiger partial charge in [0, 0.05) is 28.9 Å². The first-order chi connectivity index (χ1) is 10.0. The number of amides is 1. The number of fused-ring (bicyclic) bond motifs is 1. The van der Waals surface area contributed by atoms with Crippen LogP contribution in [0, 0.1) is 0 Å². The zero-order valence-electron chi connectivity index (χ0n) is 11.5. The van der Waals surface area contributed by atoms with Crippen LogP contribution in [0.5, 0.6) is 0 Å². The molecule has 1 heterocycles. The maximum Gasteiger partial charge on any atom is 0.249 e. The van der Waals surface area contributed by atoms with Gasteiger partial charge in [-0.2, -0.15) is 0 Å². The van der Waals surface area contributed by atoms with E-state index in [1.807, 2.05) is 24.3 Å². The molecular formula is C16H16BrN3O. The van der Waals surface area contributed by atoms with Gasteiger partial charge in [0.1, 0.15) is 0 Å². The van der Waals surface area contributed by atoms with Crippen LogP contribution in [0.15, 0.2) is 40.9 Å². The van der Waals surface area contributed by atoms with E-state index in [9.17, 15) is 4.79 Å². The quantitative estimate of drug-likeness (QED) is 0.822. The van der Waals surface area contributed by atoms with Crippen LogP contribution in [0.4, 0.5) is 11.4 Å². The molecule has 4 nitrogen and oxygen atoms in total. The Labute approximate surface area is 131 Å². The minimum Gasteiger partial charge on any atom is -0.399 e. The van der Waals surface area contributed by atoms with Crippen molar-refractivity contribution in [2.45, 2.75) is 13.0 Å². The molecule has 1 aliphatic rings. The average Bonchev–Trinajstić information content (AvgIpc) is 2.46. The van der Waals surface area contributed by atoms with Gasteiger partial charge in [0.2, 0.25) is 5.91 Å². The smallest absolute Gasteiger partial charge is 0.249 e. The first-order valence-corrected chi connectivity index (χ1v) is 7.55. The maximum atomic E-state index is 11.3. The predicted molar refractivity (Wildman–Crippen MR) is 88.3 cm³/mol. The Morgan fingerprint density at radius 2 is 1.95 bits per heavy atom. The van der Waals surface area contributed by atoms with E-state index in [-0.39, 0.29) is 0 Å². The van der Waals surface area contributed by atoms with Crippen LogP contribution < -0.4 is 16.4 Å². The van der Waals surface area contributed by atoms with Crippen LogP contribution in [0.2, 0.25) is 0 Å². The monoisotopic (exact) mass is 345 g/mol. The molecule has 0 spiro atoms. The number of benzene rings is 2. The second-order valence-corrected chi connectivity index (χ2v) is 6.08. The van der Waals surface area contributed by atoms with Crippen LogP contribution in [-0.4, -0.2) is 12.5 Å². The van der Waals surface area contributed by atoms with Crippen molar-refractivity contribution in [1.82, 2.24) is 0 Å². The van der Waals surface area contributed by atoms with Crippen LogP contribution in [-0.2, 0) is 13.0 Å². The Kier molecular flexibility index (Phi) is 3.59. The molecule has 3 rings (SSSR count). The van der Waals surface area contributed by atoms with Crippen molar-refractivity contribution in [1.29, 1.82) is 0 Å². The molecule has 0 saturated carbocycles. The van der Waals surface area contributed by atoms with Crippen molar-refractivity contribution in [3.63, 3.8) is 0 Å². The summed E-state index contributed by atoms with van der Waals surface area (Å²) in [6.07, 6.45) is 0.991. The predicted octanol–water partition coefficient (Wildman–Crippen LogP) is 2.69. The van der Waals surface area contributed by atoms with E-state index < -0.39 is 5.91 Å². The molecule has 2 aromatic rings. The largest absolute Gasteiger partial charge is 0.399 e. The number of carbonyl (C=O) groups excluding carboxylic acids is 1. The molecule has 108 valence electrons. The molecule has 4 N–H and O–H groups in total. The van der Waals surface area contributed by atoms with E-state index in [2.05, 4.69) is 26.9 Å². The van der Waals surface area contributed by atoms with Crippen molar-refractivity contribution >= 4 is 33.2 Å². The molecular weight excluding hydrogens is 330 g/mol. The number of rotatable bonds is 2. The van der Waals surface area contributed by atoms with Crippen molar-refractivity contribution in [3.8, 4) is 0 Å². The van der Waals surface area contributed by atoms with Crippen molar-refractivity contribution in [2.24, 2.45) is 5.73 Å². The summed E-state index contributed by atoms with van der Waals surface area (Å²) in [7, 11) is 0. The molecule has 0 fully saturated rings. The van der Waals surface area contributed by atoms with Crippen LogP contribution >= 0.6 is 15.9 Å². The second kappa shape index (κ2) is 5.41. The van der Waals surface area contributed by atoms with Crippen LogP contribution in [0.25, 0.3) is 0 Å². The van der Waals surface area contributed by atoms with E-state index in [1.54, 1.807) is 6.07 Å². The summed E-state index contributed by atoms with van der Waals surface area (Å²) in [4.78, 5) is 13.6. The van der Waals surface area contributed by atoms with Gasteiger partial charge in [-0.1, -0.05) is 6.07 Å². The minimum absolute atomic E-state index is 0.426. The normalized spacial score (nSPS) is 13.9. The summed E-state index contributed by atoms with van der Waals surface area (Å²) >= 11 is 3.41. The van der Waals surface area contributed by atoms with Gasteiger partial charge in [0.25, 0.3) is 0 Å². The third-order valence-corrected chi connectivity index (χ3v) is 4.48. The molecule has 0 aliphatic carbocycles. The van der Waals surface area contributed by atoms with E-state index in [1.165, 1.54) is 11.1 Å². The van der Waals surface area contributed by atoms with Crippen LogP contribution in [0.3, 0.4) is 0 Å². The summed E-state index contributed by atoms with van der Waals surface area (Å²) in [5.74, 6) is -0.426. The number of carbonyl (C=O) groups is 1. The number of hydrogen-bond acceptors (Lipinski definition) is 3. The lowest BCUT2D eigenvalue weighted by Gasteiger charge is -2.31. The lowest BCUT2D eigenvalue weighted by molar-refractivity contribution is 0.0999. The Morgan fingerprint density at radius 1 is 1.14 bits per heavy atom. The molecule has 21 heavy (non-hydrogen) atoms. The highest BCUT2D eigenvalue weighted by atomic mass is 79.9. The SMILES string of the molecule is NC(=O)c1ccc(N2CCc3ccc(N)cc3C2)cc1Br. The van der Waals surface area contributed by atoms with Gasteiger partial charge >= 0.3 is 0 Å². The highest BCUT2D eigenvalue weighted by molar-refractivity contribution is 9.10. The van der Waals surface area contributed by atoms with Gasteiger partial charge in [-0.05, 0) is 63.8 Å². The van der Waals surface area contributed by atoms with Gasteiger partial charge < -0.3 is 16.4 Å². The van der Waals surface area contributed by atoms with Gasteiger partial charge in [0.05, 0.1) is 5.56 Å². The van der Waals surface area contributed by atoms with Gasteiger partial charge in [-0.3, -0.25) is 4.79 Å². The van der Waals surface area contributed by atoms with E-state index in [0.29, 0.717) is 5.56 Å². The lowest BCUT2D eigenvalue weighted by atomic mass is 9.98. The molecule has 0 atom stereocenters. The molecule has 1 aliphatic heterocycles. The molecule has 0 radical (unpaired) electrons. The Balaban J connectivity index is 1.89. The molecule has 5 heteroatoms. The third kappa shape index (κ3) is 2.74. The molecule has 0 aromatic heterocycles. The third-order valence-electron chi connectivity index (χ3n) is 3.83. The second-order valence-electron chi connectivity index (χ2n) is 5.23. The minimum atomic E-state index is -0.426. The number of nitrogen functional groups attached to an aromatic ring is 1. The molecule has 0 unspecified atom stereocenters. The highest BCUT2D eigenvalue weighted by Crippen LogP contribution is 2.29. The van der Waals surface area contributed by atoms with E-state index >= 15 is 0 Å². The van der Waals surface area contributed by atoms with Crippen molar-refractivity contribution in [2.75, 3.05) is 17.2 Å². The highest BCUT2D eigenvalue weighted by Gasteiger charge is 2.18. The Morgan fingerprint density at radius 3 is 2.67 bits per heavy atom. The topological polar surface area (TPSA) is 72.4 Å². The number of anilines is 2. The average molecular weight is 346 g/mol. The van der Waals surface area contributed by atoms with Crippen LogP contribution in [0.1, 0.15) is 21.5 Å². The summed E-state index contributed by atoms with van der Waals surface area (Å²) in [5, 5.41) is 0. The number of halogens is 1. The molecule has 0 bridgehead atoms. The Bertz CT molecular complexity index is 715. The summed E-state index contributed by atoms with van der Waals surface area (Å²) in [6.45, 7) is 1.77. The number of hydrogen-bond donors (Lipinski definition) is 2. The van der Waals surface area contributed by atoms with Gasteiger partial charge in [-0.25, -0.2) is 0 Å². The van der Waals surface area contributed by atoms with E-state index in [4.69, 9.17) is 11.5 Å². The zero-order valence-corrected chi connectivity index (χ0v) is 13.1. The number of primary amides is 1. The summed E-state index contributed by atoms with van der Waals surface area (Å²) < 4.78 is 0.728. The van der Waals surface area contributed by atoms with E-state index in [0.717, 1.165) is 35.4 Å². The molecule has 0 saturated heterocycles. The Hall–Kier alpha value is -2.01. The summed E-state index contributed by atoms with van der Waals surface area (Å²) in [6, 6.07) is 11.7. The number of nitrogens with zero attached hydrogens (tertiary/aromatic N) is 1. The fraction of sp³-hybridized carbons (Fsp3) is 0.188. The standard InChI is InChI=1S/C16H16BrN3O/c17-15-8-13(3-4-14(15)16(19)21)20-6-5-10-1-2-12(18)7-11(10)9-20/h1-4,7-8H,5-6,9,18H2,(H2,19,21). The fourth-order valence-electron chi connectivity index (χ4n) is 2.70. The first kappa shape index (κ1) is 13.9.